The average Bonchev–Trinajstić information content (AvgIpc) is 2.69. The van der Waals surface area contributed by atoms with E-state index in [-0.39, 0.29) is 11.7 Å². The molecule has 0 aliphatic carbocycles. The monoisotopic (exact) mass is 342 g/mol. The fourth-order valence-corrected chi connectivity index (χ4v) is 3.53. The normalized spacial score (nSPS) is 12.6. The topological polar surface area (TPSA) is 76.7 Å². The molecule has 1 heterocycles. The largest absolute Gasteiger partial charge is 0.343 e. The van der Waals surface area contributed by atoms with Crippen molar-refractivity contribution in [1.29, 1.82) is 0 Å². The van der Waals surface area contributed by atoms with Crippen LogP contribution in [0.2, 0.25) is 0 Å². The van der Waals surface area contributed by atoms with Gasteiger partial charge in [0.2, 0.25) is 0 Å². The number of H-pyrrole nitrogens is 1. The molecule has 0 spiro atoms. The molecule has 7 heteroatoms. The minimum atomic E-state index is -0.184. The number of nitrogens with zero attached hydrogens (tertiary/aromatic N) is 2. The quantitative estimate of drug-likeness (QED) is 0.894. The van der Waals surface area contributed by atoms with Crippen LogP contribution in [0.5, 0.6) is 0 Å². The Morgan fingerprint density at radius 1 is 1.58 bits per heavy atom. The molecule has 0 fully saturated rings. The van der Waals surface area contributed by atoms with Gasteiger partial charge in [-0.15, -0.1) is 5.10 Å². The van der Waals surface area contributed by atoms with Crippen LogP contribution in [0.25, 0.3) is 0 Å². The van der Waals surface area contributed by atoms with Gasteiger partial charge < -0.3 is 5.73 Å². The van der Waals surface area contributed by atoms with E-state index in [1.165, 1.54) is 11.8 Å². The van der Waals surface area contributed by atoms with Gasteiger partial charge in [-0.1, -0.05) is 22.0 Å². The lowest BCUT2D eigenvalue weighted by atomic mass is 10.1. The summed E-state index contributed by atoms with van der Waals surface area (Å²) in [5, 5.41) is 7.14. The lowest BCUT2D eigenvalue weighted by Crippen LogP contribution is -2.16. The Bertz CT molecular complexity index is 635. The predicted molar refractivity (Wildman–Crippen MR) is 79.4 cm³/mol. The second-order valence-electron chi connectivity index (χ2n) is 4.13. The number of nitrogens with two attached hydrogens (primary N) is 1. The summed E-state index contributed by atoms with van der Waals surface area (Å²) in [7, 11) is 0. The van der Waals surface area contributed by atoms with Crippen molar-refractivity contribution in [2.24, 2.45) is 5.73 Å². The highest BCUT2D eigenvalue weighted by Crippen LogP contribution is 2.31. The molecule has 0 saturated carbocycles. The van der Waals surface area contributed by atoms with Crippen LogP contribution in [0.1, 0.15) is 25.5 Å². The number of aromatic amines is 1. The van der Waals surface area contributed by atoms with Crippen molar-refractivity contribution in [1.82, 2.24) is 14.8 Å². The maximum atomic E-state index is 11.5. The number of hydrogen-bond donors (Lipinski definition) is 2. The molecule has 1 atom stereocenters. The number of aromatic nitrogens is 3. The van der Waals surface area contributed by atoms with Gasteiger partial charge in [0.05, 0.1) is 0 Å². The Morgan fingerprint density at radius 2 is 2.32 bits per heavy atom. The second kappa shape index (κ2) is 5.94. The van der Waals surface area contributed by atoms with Crippen molar-refractivity contribution in [2.45, 2.75) is 36.5 Å². The van der Waals surface area contributed by atoms with E-state index in [2.05, 4.69) is 26.1 Å². The second-order valence-corrected chi connectivity index (χ2v) is 6.02. The van der Waals surface area contributed by atoms with Crippen LogP contribution in [-0.2, 0) is 6.54 Å². The van der Waals surface area contributed by atoms with E-state index in [1.54, 1.807) is 4.57 Å². The summed E-state index contributed by atoms with van der Waals surface area (Å²) < 4.78 is 2.56. The molecule has 5 nitrogen and oxygen atoms in total. The summed E-state index contributed by atoms with van der Waals surface area (Å²) in [5.74, 6) is 0. The highest BCUT2D eigenvalue weighted by Gasteiger charge is 2.10. The van der Waals surface area contributed by atoms with Crippen LogP contribution in [0.15, 0.2) is 37.5 Å². The van der Waals surface area contributed by atoms with E-state index in [9.17, 15) is 4.79 Å². The first-order valence-electron chi connectivity index (χ1n) is 5.91. The van der Waals surface area contributed by atoms with E-state index in [0.29, 0.717) is 11.7 Å². The molecule has 3 N–H and O–H groups in total. The van der Waals surface area contributed by atoms with Crippen molar-refractivity contribution in [3.63, 3.8) is 0 Å². The van der Waals surface area contributed by atoms with Crippen molar-refractivity contribution in [3.05, 3.63) is 38.7 Å². The van der Waals surface area contributed by atoms with E-state index in [0.717, 1.165) is 14.9 Å². The van der Waals surface area contributed by atoms with E-state index >= 15 is 0 Å². The lowest BCUT2D eigenvalue weighted by Gasteiger charge is -2.10. The Labute approximate surface area is 123 Å². The van der Waals surface area contributed by atoms with Gasteiger partial charge >= 0.3 is 5.69 Å². The van der Waals surface area contributed by atoms with E-state index in [4.69, 9.17) is 5.73 Å². The van der Waals surface area contributed by atoms with Gasteiger partial charge in [0.25, 0.3) is 0 Å². The van der Waals surface area contributed by atoms with Gasteiger partial charge in [-0.3, -0.25) is 4.57 Å². The number of benzene rings is 1. The Kier molecular flexibility index (Phi) is 4.49. The third-order valence-corrected chi connectivity index (χ3v) is 4.38. The zero-order chi connectivity index (χ0) is 14.0. The first kappa shape index (κ1) is 14.4. The summed E-state index contributed by atoms with van der Waals surface area (Å²) in [5.41, 5.74) is 6.74. The zero-order valence-corrected chi connectivity index (χ0v) is 13.1. The zero-order valence-electron chi connectivity index (χ0n) is 10.7. The third-order valence-electron chi connectivity index (χ3n) is 2.71. The molecule has 0 amide bonds. The molecular weight excluding hydrogens is 328 g/mol. The third kappa shape index (κ3) is 3.10. The fraction of sp³-hybridized carbons (Fsp3) is 0.333. The van der Waals surface area contributed by atoms with Gasteiger partial charge in [0.15, 0.2) is 5.16 Å². The predicted octanol–water partition coefficient (Wildman–Crippen LogP) is 2.52. The van der Waals surface area contributed by atoms with E-state index in [1.807, 2.05) is 32.0 Å². The van der Waals surface area contributed by atoms with Crippen molar-refractivity contribution < 1.29 is 0 Å². The number of rotatable bonds is 4. The molecule has 0 saturated heterocycles. The molecule has 0 aliphatic heterocycles. The minimum absolute atomic E-state index is 0.0207. The molecule has 1 aromatic heterocycles. The molecule has 2 aromatic rings. The van der Waals surface area contributed by atoms with Gasteiger partial charge in [-0.25, -0.2) is 9.89 Å². The molecule has 102 valence electrons. The van der Waals surface area contributed by atoms with Gasteiger partial charge in [0.1, 0.15) is 0 Å². The van der Waals surface area contributed by atoms with Gasteiger partial charge in [0, 0.05) is 22.0 Å². The lowest BCUT2D eigenvalue weighted by molar-refractivity contribution is 0.660. The summed E-state index contributed by atoms with van der Waals surface area (Å²) in [6.45, 7) is 4.45. The molecule has 1 aromatic carbocycles. The summed E-state index contributed by atoms with van der Waals surface area (Å²) >= 11 is 4.96. The number of halogens is 1. The van der Waals surface area contributed by atoms with Crippen LogP contribution >= 0.6 is 27.7 Å². The summed E-state index contributed by atoms with van der Waals surface area (Å²) in [6, 6.07) is 5.93. The highest BCUT2D eigenvalue weighted by atomic mass is 79.9. The average molecular weight is 343 g/mol. The minimum Gasteiger partial charge on any atom is -0.324 e. The maximum absolute atomic E-state index is 11.5. The van der Waals surface area contributed by atoms with Crippen LogP contribution in [0.4, 0.5) is 0 Å². The fourth-order valence-electron chi connectivity index (χ4n) is 1.71. The van der Waals surface area contributed by atoms with Gasteiger partial charge in [-0.05, 0) is 43.3 Å². The SMILES string of the molecule is CCn1c(Sc2ccc(C(C)N)c(Br)c2)n[nH]c1=O. The molecule has 0 radical (unpaired) electrons. The Balaban J connectivity index is 2.29. The first-order chi connectivity index (χ1) is 9.02. The number of nitrogens with one attached hydrogen (secondary N) is 1. The molecule has 2 rings (SSSR count). The summed E-state index contributed by atoms with van der Waals surface area (Å²) in [6.07, 6.45) is 0. The maximum Gasteiger partial charge on any atom is 0.343 e. The van der Waals surface area contributed by atoms with Crippen LogP contribution in [0, 0.1) is 0 Å². The molecule has 0 bridgehead atoms. The van der Waals surface area contributed by atoms with Gasteiger partial charge in [-0.2, -0.15) is 0 Å². The Morgan fingerprint density at radius 3 is 2.89 bits per heavy atom. The molecule has 1 unspecified atom stereocenters. The van der Waals surface area contributed by atoms with Crippen molar-refractivity contribution >= 4 is 27.7 Å². The smallest absolute Gasteiger partial charge is 0.324 e. The first-order valence-corrected chi connectivity index (χ1v) is 7.52. The molecule has 19 heavy (non-hydrogen) atoms. The van der Waals surface area contributed by atoms with E-state index < -0.39 is 0 Å². The standard InChI is InChI=1S/C12H15BrN4OS/c1-3-17-11(18)15-16-12(17)19-8-4-5-9(7(2)14)10(13)6-8/h4-7H,3,14H2,1-2H3,(H,15,18). The van der Waals surface area contributed by atoms with Crippen LogP contribution in [-0.4, -0.2) is 14.8 Å². The number of hydrogen-bond acceptors (Lipinski definition) is 4. The highest BCUT2D eigenvalue weighted by molar-refractivity contribution is 9.10. The van der Waals surface area contributed by atoms with Crippen LogP contribution in [0.3, 0.4) is 0 Å². The Hall–Kier alpha value is -1.05. The van der Waals surface area contributed by atoms with Crippen LogP contribution < -0.4 is 11.4 Å². The summed E-state index contributed by atoms with van der Waals surface area (Å²) in [4.78, 5) is 12.5. The van der Waals surface area contributed by atoms with Crippen molar-refractivity contribution in [2.75, 3.05) is 0 Å². The molecule has 0 aliphatic rings. The van der Waals surface area contributed by atoms with Crippen molar-refractivity contribution in [3.8, 4) is 0 Å². The molecular formula is C12H15BrN4OS.